The number of fused-ring (bicyclic) bond motifs is 1. The molecule has 6 rings (SSSR count). The van der Waals surface area contributed by atoms with Crippen LogP contribution in [0.1, 0.15) is 64.9 Å². The van der Waals surface area contributed by atoms with Crippen LogP contribution in [0.5, 0.6) is 0 Å². The first kappa shape index (κ1) is 44.3. The predicted octanol–water partition coefficient (Wildman–Crippen LogP) is 5.94. The Balaban J connectivity index is 1.25. The lowest BCUT2D eigenvalue weighted by molar-refractivity contribution is -0.130. The Bertz CT molecular complexity index is 2270. The average Bonchev–Trinajstić information content (AvgIpc) is 3.78. The standard InChI is InChI=1S/C47H58N8O6/c1-46(2,3)40(52-44(59)60)42(57)51-37(27-32-18-20-33(21-19-32)36-17-10-12-22-48-36)38(56)28-34(26-31-14-8-7-9-15-31)50-43(58)41(47(4,5)6)55-25-24-53(45(55)61)30-39-49-29-35-16-11-13-23-54(35)39/h7-23,29,34,37-38,40-41,52,56H,24-28,30H2,1-6H3,(H,50,58)(H,51,57)(H,59,60)/t34-,37-,38-,40+,41+/m0/s1. The number of rotatable bonds is 16. The summed E-state index contributed by atoms with van der Waals surface area (Å²) in [7, 11) is 0. The van der Waals surface area contributed by atoms with E-state index in [9.17, 15) is 29.4 Å². The fraction of sp³-hybridized carbons (Fsp3) is 0.404. The van der Waals surface area contributed by atoms with Crippen LogP contribution in [0.25, 0.3) is 16.8 Å². The molecule has 5 amide bonds. The van der Waals surface area contributed by atoms with Gasteiger partial charge in [-0.25, -0.2) is 14.6 Å². The van der Waals surface area contributed by atoms with E-state index in [-0.39, 0.29) is 31.3 Å². The Kier molecular flexibility index (Phi) is 13.8. The number of nitrogens with zero attached hydrogens (tertiary/aromatic N) is 5. The van der Waals surface area contributed by atoms with Crippen molar-refractivity contribution in [3.63, 3.8) is 0 Å². The Labute approximate surface area is 357 Å². The third kappa shape index (κ3) is 11.3. The van der Waals surface area contributed by atoms with Gasteiger partial charge in [0.1, 0.15) is 17.9 Å². The maximum atomic E-state index is 14.6. The van der Waals surface area contributed by atoms with Gasteiger partial charge in [0.05, 0.1) is 36.1 Å². The van der Waals surface area contributed by atoms with Crippen molar-refractivity contribution in [1.82, 2.24) is 40.1 Å². The Morgan fingerprint density at radius 1 is 0.754 bits per heavy atom. The number of aliphatic hydroxyl groups excluding tert-OH is 1. The highest BCUT2D eigenvalue weighted by Crippen LogP contribution is 2.30. The molecule has 0 unspecified atom stereocenters. The quantitative estimate of drug-likeness (QED) is 0.0811. The number of carboxylic acid groups (broad SMARTS) is 1. The number of imidazole rings is 1. The summed E-state index contributed by atoms with van der Waals surface area (Å²) in [5.74, 6) is -0.218. The number of hydrogen-bond donors (Lipinski definition) is 5. The van der Waals surface area contributed by atoms with Gasteiger partial charge in [-0.15, -0.1) is 0 Å². The summed E-state index contributed by atoms with van der Waals surface area (Å²) in [5.41, 5.74) is 2.91. The lowest BCUT2D eigenvalue weighted by atomic mass is 9.84. The zero-order valence-corrected chi connectivity index (χ0v) is 35.8. The molecule has 14 heteroatoms. The molecule has 0 radical (unpaired) electrons. The predicted molar refractivity (Wildman–Crippen MR) is 233 cm³/mol. The lowest BCUT2D eigenvalue weighted by Crippen LogP contribution is -2.59. The molecule has 5 N–H and O–H groups in total. The highest BCUT2D eigenvalue weighted by Gasteiger charge is 2.44. The van der Waals surface area contributed by atoms with Gasteiger partial charge in [0.25, 0.3) is 0 Å². The van der Waals surface area contributed by atoms with Crippen molar-refractivity contribution < 1.29 is 29.4 Å². The number of urea groups is 1. The van der Waals surface area contributed by atoms with E-state index in [2.05, 4.69) is 25.9 Å². The zero-order valence-electron chi connectivity index (χ0n) is 35.8. The zero-order chi connectivity index (χ0) is 43.9. The molecular formula is C47H58N8O6. The highest BCUT2D eigenvalue weighted by molar-refractivity contribution is 5.89. The minimum Gasteiger partial charge on any atom is -0.465 e. The maximum Gasteiger partial charge on any atom is 0.405 e. The van der Waals surface area contributed by atoms with Crippen LogP contribution in [0.4, 0.5) is 9.59 Å². The Morgan fingerprint density at radius 2 is 1.44 bits per heavy atom. The van der Waals surface area contributed by atoms with E-state index in [0.29, 0.717) is 19.5 Å². The van der Waals surface area contributed by atoms with E-state index in [1.54, 1.807) is 43.0 Å². The van der Waals surface area contributed by atoms with Crippen LogP contribution in [-0.2, 0) is 29.0 Å². The second-order valence-electron chi connectivity index (χ2n) is 18.0. The molecule has 5 atom stereocenters. The molecular weight excluding hydrogens is 773 g/mol. The number of carbonyl (C=O) groups excluding carboxylic acids is 3. The second-order valence-corrected chi connectivity index (χ2v) is 18.0. The van der Waals surface area contributed by atoms with E-state index >= 15 is 0 Å². The lowest BCUT2D eigenvalue weighted by Gasteiger charge is -2.38. The van der Waals surface area contributed by atoms with Crippen molar-refractivity contribution in [3.8, 4) is 11.3 Å². The van der Waals surface area contributed by atoms with Crippen molar-refractivity contribution in [2.24, 2.45) is 10.8 Å². The van der Waals surface area contributed by atoms with Crippen molar-refractivity contribution in [1.29, 1.82) is 0 Å². The molecule has 1 fully saturated rings. The molecule has 4 heterocycles. The van der Waals surface area contributed by atoms with E-state index < -0.39 is 53.1 Å². The number of carbonyl (C=O) groups is 4. The van der Waals surface area contributed by atoms with Gasteiger partial charge >= 0.3 is 12.1 Å². The monoisotopic (exact) mass is 830 g/mol. The first-order valence-electron chi connectivity index (χ1n) is 20.8. The molecule has 5 aromatic rings. The summed E-state index contributed by atoms with van der Waals surface area (Å²) in [6.45, 7) is 12.1. The smallest absolute Gasteiger partial charge is 0.405 e. The van der Waals surface area contributed by atoms with Gasteiger partial charge in [0, 0.05) is 37.1 Å². The molecule has 14 nitrogen and oxygen atoms in total. The van der Waals surface area contributed by atoms with Crippen LogP contribution in [0.15, 0.2) is 110 Å². The SMILES string of the molecule is CC(C)(C)[C@H](NC(=O)O)C(=O)N[C@@H](Cc1ccc(-c2ccccn2)cc1)[C@@H](O)C[C@H](Cc1ccccc1)NC(=O)[C@@H](N1CCN(Cc2ncc3ccccn23)C1=O)C(C)(C)C. The number of pyridine rings is 2. The summed E-state index contributed by atoms with van der Waals surface area (Å²) < 4.78 is 1.95. The van der Waals surface area contributed by atoms with Crippen molar-refractivity contribution in [2.45, 2.75) is 97.6 Å². The van der Waals surface area contributed by atoms with Gasteiger partial charge in [-0.05, 0) is 65.5 Å². The van der Waals surface area contributed by atoms with Gasteiger partial charge in [-0.3, -0.25) is 14.6 Å². The van der Waals surface area contributed by atoms with E-state index in [4.69, 9.17) is 0 Å². The van der Waals surface area contributed by atoms with Gasteiger partial charge in [0.15, 0.2) is 0 Å². The van der Waals surface area contributed by atoms with Crippen molar-refractivity contribution in [3.05, 3.63) is 127 Å². The minimum atomic E-state index is -1.34. The van der Waals surface area contributed by atoms with Gasteiger partial charge in [0.2, 0.25) is 11.8 Å². The molecule has 0 spiro atoms. The van der Waals surface area contributed by atoms with Crippen LogP contribution in [0, 0.1) is 10.8 Å². The molecule has 0 saturated carbocycles. The fourth-order valence-electron chi connectivity index (χ4n) is 8.05. The van der Waals surface area contributed by atoms with E-state index in [1.165, 1.54) is 0 Å². The molecule has 1 saturated heterocycles. The number of hydrogen-bond acceptors (Lipinski definition) is 7. The summed E-state index contributed by atoms with van der Waals surface area (Å²) in [4.78, 5) is 66.8. The minimum absolute atomic E-state index is 0.0357. The molecule has 1 aliphatic heterocycles. The Morgan fingerprint density at radius 3 is 2.10 bits per heavy atom. The first-order chi connectivity index (χ1) is 29.0. The molecule has 322 valence electrons. The number of aromatic nitrogens is 3. The van der Waals surface area contributed by atoms with Crippen molar-refractivity contribution >= 4 is 29.5 Å². The van der Waals surface area contributed by atoms with Gasteiger partial charge in [-0.1, -0.05) is 108 Å². The molecule has 0 aliphatic carbocycles. The van der Waals surface area contributed by atoms with Crippen molar-refractivity contribution in [2.75, 3.05) is 13.1 Å². The van der Waals surface area contributed by atoms with E-state index in [0.717, 1.165) is 33.7 Å². The number of aliphatic hydroxyl groups is 1. The van der Waals surface area contributed by atoms with Crippen LogP contribution in [0.3, 0.4) is 0 Å². The third-order valence-electron chi connectivity index (χ3n) is 11.1. The number of nitrogens with one attached hydrogen (secondary N) is 3. The number of amides is 5. The second kappa shape index (κ2) is 19.0. The maximum absolute atomic E-state index is 14.6. The molecule has 61 heavy (non-hydrogen) atoms. The van der Waals surface area contributed by atoms with E-state index in [1.807, 2.05) is 122 Å². The number of benzene rings is 2. The summed E-state index contributed by atoms with van der Waals surface area (Å²) in [6.07, 6.45) is 3.47. The fourth-order valence-corrected chi connectivity index (χ4v) is 8.05. The summed E-state index contributed by atoms with van der Waals surface area (Å²) in [5, 5.41) is 30.3. The summed E-state index contributed by atoms with van der Waals surface area (Å²) in [6, 6.07) is 25.0. The van der Waals surface area contributed by atoms with Crippen LogP contribution in [-0.4, -0.2) is 102 Å². The first-order valence-corrected chi connectivity index (χ1v) is 20.8. The highest BCUT2D eigenvalue weighted by atomic mass is 16.4. The normalized spacial score (nSPS) is 15.8. The summed E-state index contributed by atoms with van der Waals surface area (Å²) >= 11 is 0. The van der Waals surface area contributed by atoms with Crippen LogP contribution < -0.4 is 16.0 Å². The Hall–Kier alpha value is -6.28. The average molecular weight is 831 g/mol. The molecule has 3 aromatic heterocycles. The molecule has 2 aromatic carbocycles. The molecule has 1 aliphatic rings. The van der Waals surface area contributed by atoms with Crippen LogP contribution >= 0.6 is 0 Å². The van der Waals surface area contributed by atoms with Crippen LogP contribution in [0.2, 0.25) is 0 Å². The topological polar surface area (TPSA) is 182 Å². The molecule has 0 bridgehead atoms. The largest absolute Gasteiger partial charge is 0.465 e. The van der Waals surface area contributed by atoms with Gasteiger partial charge in [-0.2, -0.15) is 0 Å². The third-order valence-corrected chi connectivity index (χ3v) is 11.1. The van der Waals surface area contributed by atoms with Gasteiger partial charge < -0.3 is 40.4 Å².